The largest absolute Gasteiger partial charge is 0 e. The Morgan fingerprint density at radius 2 is 1.45 bits per heavy atom. The summed E-state index contributed by atoms with van der Waals surface area (Å²) in [5.41, 5.74) is 11.1. The summed E-state index contributed by atoms with van der Waals surface area (Å²) < 4.78 is 13.3. The summed E-state index contributed by atoms with van der Waals surface area (Å²) in [7, 11) is 0. The summed E-state index contributed by atoms with van der Waals surface area (Å²) >= 11 is -0.289. The Labute approximate surface area is 348 Å². The van der Waals surface area contributed by atoms with E-state index >= 15 is 0 Å². The molecule has 0 aliphatic heterocycles. The first kappa shape index (κ1) is 39.3. The topological polar surface area (TPSA) is 43.6 Å². The molecular formula is C48H50GeIrN4S-2. The number of benzene rings is 4. The SMILES string of the molecule is Cc1ccc2c(n1)sc1c(-c3nc4ccccc4n3-c3c(C(C)C)cccc3C(C)C)[c-]ccc12.[2H]C(C)(C)c1cc(-c2[c-]cccc2)nc[c]1[Ge]([CH3])([CH3])[CH3].[Ir]. The maximum absolute atomic E-state index is 8.44. The van der Waals surface area contributed by atoms with E-state index in [1.54, 1.807) is 11.3 Å². The van der Waals surface area contributed by atoms with Crippen LogP contribution in [0.4, 0.5) is 0 Å². The van der Waals surface area contributed by atoms with Gasteiger partial charge in [0.2, 0.25) is 0 Å². The molecule has 0 unspecified atom stereocenters. The van der Waals surface area contributed by atoms with Gasteiger partial charge in [0, 0.05) is 31.5 Å². The van der Waals surface area contributed by atoms with Crippen molar-refractivity contribution in [1.29, 1.82) is 0 Å². The number of imidazole rings is 1. The number of thiophene rings is 1. The van der Waals surface area contributed by atoms with Crippen LogP contribution in [-0.2, 0) is 20.1 Å². The summed E-state index contributed by atoms with van der Waals surface area (Å²) in [5.74, 6) is 8.15. The fourth-order valence-electron chi connectivity index (χ4n) is 7.24. The predicted molar refractivity (Wildman–Crippen MR) is 235 cm³/mol. The van der Waals surface area contributed by atoms with Gasteiger partial charge >= 0.3 is 120 Å². The standard InChI is InChI=1S/C31H28N3S.C17H22GeN.Ir/c1-18(2)21-10-8-11-22(19(3)4)28(21)34-27-15-7-6-14-26(27)33-30(34)25-13-9-12-23-24-17-16-20(5)32-31(24)35-29(23)25;1-13(2)15-11-17(14-9-7-6-8-10-14)19-12-16(15)18(3,4)5;/h6-12,14-19H,1-5H3;6-9,11-13H,1-5H3;/q2*-1;/i;13D;. The van der Waals surface area contributed by atoms with Crippen molar-refractivity contribution in [2.45, 2.75) is 83.5 Å². The van der Waals surface area contributed by atoms with Gasteiger partial charge in [-0.15, -0.1) is 18.2 Å². The molecule has 0 amide bonds. The Morgan fingerprint density at radius 1 is 0.745 bits per heavy atom. The second-order valence-electron chi connectivity index (χ2n) is 16.0. The molecule has 4 aromatic carbocycles. The molecule has 0 N–H and O–H groups in total. The van der Waals surface area contributed by atoms with Crippen LogP contribution in [0.2, 0.25) is 17.3 Å². The molecule has 0 aliphatic rings. The molecule has 0 fully saturated rings. The molecule has 4 nitrogen and oxygen atoms in total. The number of fused-ring (bicyclic) bond motifs is 4. The van der Waals surface area contributed by atoms with Crippen molar-refractivity contribution in [3.8, 4) is 28.3 Å². The molecule has 0 saturated heterocycles. The van der Waals surface area contributed by atoms with Crippen LogP contribution in [0.5, 0.6) is 0 Å². The summed E-state index contributed by atoms with van der Waals surface area (Å²) in [4.78, 5) is 15.7. The number of hydrogen-bond acceptors (Lipinski definition) is 4. The van der Waals surface area contributed by atoms with Gasteiger partial charge in [-0.1, -0.05) is 75.0 Å². The minimum Gasteiger partial charge on any atom is 0 e. The molecule has 1 radical (unpaired) electrons. The number of rotatable bonds is 7. The third-order valence-electron chi connectivity index (χ3n) is 10.0. The second kappa shape index (κ2) is 16.7. The molecular weight excluding hydrogens is 929 g/mol. The molecule has 7 heteroatoms. The molecule has 8 rings (SSSR count). The van der Waals surface area contributed by atoms with Crippen molar-refractivity contribution in [3.63, 3.8) is 0 Å². The van der Waals surface area contributed by atoms with E-state index in [1.807, 2.05) is 57.3 Å². The first-order chi connectivity index (χ1) is 26.1. The maximum atomic E-state index is 8.44. The summed E-state index contributed by atoms with van der Waals surface area (Å²) in [6, 6.07) is 40.4. The molecule has 0 saturated carbocycles. The third-order valence-corrected chi connectivity index (χ3v) is 15.4. The molecule has 4 aromatic heterocycles. The minimum atomic E-state index is -2.03. The number of aryl methyl sites for hydroxylation is 1. The second-order valence-corrected chi connectivity index (χ2v) is 27.6. The van der Waals surface area contributed by atoms with Crippen LogP contribution in [0.25, 0.3) is 59.7 Å². The van der Waals surface area contributed by atoms with Crippen molar-refractivity contribution in [3.05, 3.63) is 138 Å². The zero-order valence-corrected chi connectivity index (χ0v) is 38.8. The van der Waals surface area contributed by atoms with E-state index in [9.17, 15) is 0 Å². The van der Waals surface area contributed by atoms with Crippen LogP contribution >= 0.6 is 11.3 Å². The molecule has 4 heterocycles. The summed E-state index contributed by atoms with van der Waals surface area (Å²) in [6.45, 7) is 15.1. The predicted octanol–water partition coefficient (Wildman–Crippen LogP) is 13.0. The Hall–Kier alpha value is -3.94. The molecule has 0 spiro atoms. The fraction of sp³-hybridized carbons (Fsp3) is 0.271. The smallest absolute Gasteiger partial charge is 0 e. The molecule has 8 aromatic rings. The van der Waals surface area contributed by atoms with Gasteiger partial charge in [-0.2, -0.15) is 11.3 Å². The number of pyridine rings is 2. The van der Waals surface area contributed by atoms with E-state index in [2.05, 4.69) is 133 Å². The Kier molecular flexibility index (Phi) is 11.9. The molecule has 283 valence electrons. The minimum absolute atomic E-state index is 0. The van der Waals surface area contributed by atoms with E-state index in [-0.39, 0.29) is 20.1 Å². The quantitative estimate of drug-likeness (QED) is 0.118. The number of nitrogens with zero attached hydrogens (tertiary/aromatic N) is 4. The Bertz CT molecular complexity index is 2620. The van der Waals surface area contributed by atoms with Gasteiger partial charge in [-0.25, -0.2) is 4.98 Å². The van der Waals surface area contributed by atoms with E-state index in [4.69, 9.17) is 11.3 Å². The zero-order chi connectivity index (χ0) is 39.2. The van der Waals surface area contributed by atoms with Gasteiger partial charge in [0.1, 0.15) is 4.83 Å². The number of hydrogen-bond donors (Lipinski definition) is 0. The number of para-hydroxylation sites is 3. The van der Waals surface area contributed by atoms with Crippen LogP contribution in [0.15, 0.2) is 103 Å². The van der Waals surface area contributed by atoms with Crippen molar-refractivity contribution >= 4 is 60.3 Å². The van der Waals surface area contributed by atoms with E-state index < -0.39 is 19.2 Å². The Balaban J connectivity index is 0.000000217. The molecule has 55 heavy (non-hydrogen) atoms. The van der Waals surface area contributed by atoms with Gasteiger partial charge in [0.15, 0.2) is 0 Å². The zero-order valence-electron chi connectivity index (χ0n) is 34.5. The van der Waals surface area contributed by atoms with E-state index in [0.717, 1.165) is 49.8 Å². The van der Waals surface area contributed by atoms with Crippen molar-refractivity contribution in [2.75, 3.05) is 0 Å². The average Bonchev–Trinajstić information content (AvgIpc) is 3.72. The number of aromatic nitrogens is 4. The summed E-state index contributed by atoms with van der Waals surface area (Å²) in [5, 5.41) is 2.41. The normalized spacial score (nSPS) is 12.3. The average molecular weight is 981 g/mol. The van der Waals surface area contributed by atoms with Gasteiger partial charge in [-0.05, 0) is 58.2 Å². The van der Waals surface area contributed by atoms with Gasteiger partial charge < -0.3 is 4.57 Å². The van der Waals surface area contributed by atoms with Crippen LogP contribution in [0, 0.1) is 19.1 Å². The molecule has 0 aliphatic carbocycles. The molecule has 0 bridgehead atoms. The first-order valence-electron chi connectivity index (χ1n) is 19.4. The van der Waals surface area contributed by atoms with Gasteiger partial charge in [0.25, 0.3) is 0 Å². The van der Waals surface area contributed by atoms with E-state index in [1.165, 1.54) is 36.7 Å². The van der Waals surface area contributed by atoms with Crippen molar-refractivity contribution in [1.82, 2.24) is 19.5 Å². The van der Waals surface area contributed by atoms with Crippen LogP contribution in [0.3, 0.4) is 0 Å². The maximum Gasteiger partial charge on any atom is 0 e. The van der Waals surface area contributed by atoms with Gasteiger partial charge in [-0.3, -0.25) is 4.98 Å². The van der Waals surface area contributed by atoms with Gasteiger partial charge in [0.05, 0.1) is 16.9 Å². The monoisotopic (exact) mass is 982 g/mol. The van der Waals surface area contributed by atoms with Crippen LogP contribution in [-0.4, -0.2) is 32.8 Å². The fourth-order valence-corrected chi connectivity index (χ4v) is 11.8. The van der Waals surface area contributed by atoms with Crippen LogP contribution in [0.1, 0.15) is 83.0 Å². The van der Waals surface area contributed by atoms with Crippen molar-refractivity contribution < 1.29 is 21.5 Å². The van der Waals surface area contributed by atoms with Crippen LogP contribution < -0.4 is 4.40 Å². The Morgan fingerprint density at radius 3 is 2.11 bits per heavy atom. The first-order valence-corrected chi connectivity index (χ1v) is 27.1. The summed E-state index contributed by atoms with van der Waals surface area (Å²) in [6.07, 6.45) is 2.00. The van der Waals surface area contributed by atoms with E-state index in [0.29, 0.717) is 11.8 Å². The third kappa shape index (κ3) is 8.16. The van der Waals surface area contributed by atoms with Crippen molar-refractivity contribution in [2.24, 2.45) is 0 Å². The molecule has 0 atom stereocenters.